The zero-order chi connectivity index (χ0) is 14.9. The van der Waals surface area contributed by atoms with Crippen molar-refractivity contribution in [2.75, 3.05) is 13.1 Å². The van der Waals surface area contributed by atoms with Gasteiger partial charge in [-0.2, -0.15) is 0 Å². The molecule has 0 saturated heterocycles. The van der Waals surface area contributed by atoms with Crippen molar-refractivity contribution in [3.05, 3.63) is 12.2 Å². The Bertz CT molecular complexity index is 297. The van der Waals surface area contributed by atoms with Crippen LogP contribution in [0.4, 0.5) is 0 Å². The number of nitrogens with zero attached hydrogens (tertiary/aromatic N) is 1. The Morgan fingerprint density at radius 1 is 1.39 bits per heavy atom. The second kappa shape index (κ2) is 9.24. The van der Waals surface area contributed by atoms with Gasteiger partial charge in [-0.25, -0.2) is 9.36 Å². The minimum atomic E-state index is -4.34. The van der Waals surface area contributed by atoms with Crippen LogP contribution in [0, 0.1) is 0 Å². The Labute approximate surface area is 107 Å². The predicted octanol–water partition coefficient (Wildman–Crippen LogP) is 1.43. The van der Waals surface area contributed by atoms with Gasteiger partial charge in [0.05, 0.1) is 0 Å². The highest BCUT2D eigenvalue weighted by Crippen LogP contribution is 2.37. The maximum atomic E-state index is 10.4. The van der Waals surface area contributed by atoms with Gasteiger partial charge in [0.25, 0.3) is 0 Å². The number of carboxylic acid groups (broad SMARTS) is 1. The molecule has 0 aromatic heterocycles. The molecule has 0 fully saturated rings. The minimum Gasteiger partial charge on any atom is -0.478 e. The zero-order valence-corrected chi connectivity index (χ0v) is 12.1. The largest absolute Gasteiger partial charge is 0.478 e. The number of phosphoric ester groups is 1. The first-order valence-electron chi connectivity index (χ1n) is 5.41. The van der Waals surface area contributed by atoms with Gasteiger partial charge in [-0.1, -0.05) is 20.4 Å². The molecular formula is C10H22NO6P. The molecule has 0 rings (SSSR count). The van der Waals surface area contributed by atoms with Gasteiger partial charge in [0.15, 0.2) is 0 Å². The average molecular weight is 283 g/mol. The lowest BCUT2D eigenvalue weighted by atomic mass is 10.4. The maximum absolute atomic E-state index is 10.4. The van der Waals surface area contributed by atoms with Gasteiger partial charge >= 0.3 is 13.8 Å². The Kier molecular flexibility index (Phi) is 10.1. The van der Waals surface area contributed by atoms with Gasteiger partial charge in [0.1, 0.15) is 6.23 Å². The molecule has 108 valence electrons. The van der Waals surface area contributed by atoms with Gasteiger partial charge in [0.2, 0.25) is 0 Å². The van der Waals surface area contributed by atoms with Crippen LogP contribution in [0.25, 0.3) is 0 Å². The fourth-order valence-electron chi connectivity index (χ4n) is 1.00. The summed E-state index contributed by atoms with van der Waals surface area (Å²) in [4.78, 5) is 28.4. The molecule has 0 bridgehead atoms. The van der Waals surface area contributed by atoms with Crippen LogP contribution in [0.3, 0.4) is 0 Å². The Hall–Kier alpha value is -0.720. The van der Waals surface area contributed by atoms with Crippen molar-refractivity contribution >= 4 is 13.8 Å². The highest BCUT2D eigenvalue weighted by molar-refractivity contribution is 7.46. The van der Waals surface area contributed by atoms with E-state index in [2.05, 4.69) is 11.1 Å². The van der Waals surface area contributed by atoms with E-state index in [1.807, 2.05) is 13.8 Å². The quantitative estimate of drug-likeness (QED) is 0.384. The highest BCUT2D eigenvalue weighted by atomic mass is 31.2. The molecule has 0 heterocycles. The van der Waals surface area contributed by atoms with Crippen LogP contribution in [-0.4, -0.2) is 45.1 Å². The average Bonchev–Trinajstić information content (AvgIpc) is 2.17. The maximum Gasteiger partial charge on any atom is 0.471 e. The standard InChI is InChI=1S/C6H16NO4P.C4H6O2/c1-4-7(5-2)6(3)11-12(8,9)10;1-3(2)4(5)6/h6H,4-5H2,1-3H3,(H2,8,9,10);1H2,2H3,(H,5,6). The van der Waals surface area contributed by atoms with Crippen molar-refractivity contribution in [2.45, 2.75) is 33.9 Å². The van der Waals surface area contributed by atoms with E-state index in [1.54, 1.807) is 11.8 Å². The summed E-state index contributed by atoms with van der Waals surface area (Å²) in [5.41, 5.74) is 0.176. The molecule has 0 aromatic rings. The smallest absolute Gasteiger partial charge is 0.471 e. The van der Waals surface area contributed by atoms with Gasteiger partial charge in [0, 0.05) is 5.57 Å². The Morgan fingerprint density at radius 3 is 1.89 bits per heavy atom. The molecule has 18 heavy (non-hydrogen) atoms. The van der Waals surface area contributed by atoms with Gasteiger partial charge in [-0.05, 0) is 26.9 Å². The number of hydrogen-bond acceptors (Lipinski definition) is 4. The van der Waals surface area contributed by atoms with E-state index < -0.39 is 20.0 Å². The van der Waals surface area contributed by atoms with Crippen LogP contribution in [-0.2, 0) is 13.9 Å². The predicted molar refractivity (Wildman–Crippen MR) is 68.0 cm³/mol. The highest BCUT2D eigenvalue weighted by Gasteiger charge is 2.21. The summed E-state index contributed by atoms with van der Waals surface area (Å²) >= 11 is 0. The van der Waals surface area contributed by atoms with E-state index in [9.17, 15) is 9.36 Å². The lowest BCUT2D eigenvalue weighted by molar-refractivity contribution is -0.132. The topological polar surface area (TPSA) is 107 Å². The number of carbonyl (C=O) groups is 1. The molecule has 3 N–H and O–H groups in total. The van der Waals surface area contributed by atoms with Crippen molar-refractivity contribution in [3.8, 4) is 0 Å². The lowest BCUT2D eigenvalue weighted by Crippen LogP contribution is -2.33. The van der Waals surface area contributed by atoms with E-state index >= 15 is 0 Å². The number of carboxylic acids is 1. The van der Waals surface area contributed by atoms with Gasteiger partial charge in [-0.15, -0.1) is 0 Å². The van der Waals surface area contributed by atoms with Crippen LogP contribution in [0.15, 0.2) is 12.2 Å². The van der Waals surface area contributed by atoms with Crippen molar-refractivity contribution < 1.29 is 28.8 Å². The van der Waals surface area contributed by atoms with E-state index in [-0.39, 0.29) is 5.57 Å². The molecule has 0 spiro atoms. The van der Waals surface area contributed by atoms with E-state index in [1.165, 1.54) is 6.92 Å². The summed E-state index contributed by atoms with van der Waals surface area (Å²) < 4.78 is 14.9. The fourth-order valence-corrected chi connectivity index (χ4v) is 1.53. The zero-order valence-electron chi connectivity index (χ0n) is 11.2. The SMILES string of the molecule is C=C(C)C(=O)O.CCN(CC)C(C)OP(=O)(O)O. The van der Waals surface area contributed by atoms with Gasteiger partial charge in [-0.3, -0.25) is 9.42 Å². The van der Waals surface area contributed by atoms with Crippen molar-refractivity contribution in [1.29, 1.82) is 0 Å². The second-order valence-electron chi connectivity index (χ2n) is 3.50. The molecule has 0 saturated carbocycles. The van der Waals surface area contributed by atoms with Crippen molar-refractivity contribution in [2.24, 2.45) is 0 Å². The molecule has 0 aliphatic rings. The third-order valence-electron chi connectivity index (χ3n) is 1.98. The molecular weight excluding hydrogens is 261 g/mol. The van der Waals surface area contributed by atoms with E-state index in [0.29, 0.717) is 13.1 Å². The fraction of sp³-hybridized carbons (Fsp3) is 0.700. The van der Waals surface area contributed by atoms with E-state index in [4.69, 9.17) is 14.9 Å². The molecule has 0 radical (unpaired) electrons. The number of phosphoric acid groups is 1. The molecule has 1 unspecified atom stereocenters. The minimum absolute atomic E-state index is 0.176. The monoisotopic (exact) mass is 283 g/mol. The van der Waals surface area contributed by atoms with Crippen LogP contribution < -0.4 is 0 Å². The van der Waals surface area contributed by atoms with Crippen LogP contribution in [0.2, 0.25) is 0 Å². The number of aliphatic carboxylic acids is 1. The summed E-state index contributed by atoms with van der Waals surface area (Å²) in [5, 5.41) is 7.89. The first kappa shape index (κ1) is 19.6. The number of rotatable bonds is 6. The third-order valence-corrected chi connectivity index (χ3v) is 2.56. The summed E-state index contributed by atoms with van der Waals surface area (Å²) in [5.74, 6) is -0.935. The van der Waals surface area contributed by atoms with Crippen LogP contribution in [0.1, 0.15) is 27.7 Å². The van der Waals surface area contributed by atoms with Crippen molar-refractivity contribution in [1.82, 2.24) is 4.90 Å². The summed E-state index contributed by atoms with van der Waals surface area (Å²) in [7, 11) is -4.34. The lowest BCUT2D eigenvalue weighted by Gasteiger charge is -2.25. The molecule has 0 aliphatic heterocycles. The summed E-state index contributed by atoms with van der Waals surface area (Å²) in [6.07, 6.45) is -0.541. The normalized spacial score (nSPS) is 12.6. The van der Waals surface area contributed by atoms with Crippen LogP contribution >= 0.6 is 7.82 Å². The summed E-state index contributed by atoms with van der Waals surface area (Å²) in [6.45, 7) is 11.4. The Balaban J connectivity index is 0. The van der Waals surface area contributed by atoms with Crippen LogP contribution in [0.5, 0.6) is 0 Å². The van der Waals surface area contributed by atoms with E-state index in [0.717, 1.165) is 0 Å². The molecule has 0 aliphatic carbocycles. The molecule has 8 heteroatoms. The molecule has 1 atom stereocenters. The summed E-state index contributed by atoms with van der Waals surface area (Å²) in [6, 6.07) is 0. The first-order chi connectivity index (χ1) is 8.05. The number of hydrogen-bond donors (Lipinski definition) is 3. The van der Waals surface area contributed by atoms with Crippen molar-refractivity contribution in [3.63, 3.8) is 0 Å². The first-order valence-corrected chi connectivity index (χ1v) is 6.94. The molecule has 0 aromatic carbocycles. The second-order valence-corrected chi connectivity index (χ2v) is 4.69. The molecule has 0 amide bonds. The van der Waals surface area contributed by atoms with Gasteiger partial charge < -0.3 is 14.9 Å². The Morgan fingerprint density at radius 2 is 1.72 bits per heavy atom. The third kappa shape index (κ3) is 11.8. The molecule has 7 nitrogen and oxygen atoms in total.